The molecule has 0 spiro atoms. The third kappa shape index (κ3) is 3.33. The van der Waals surface area contributed by atoms with Crippen LogP contribution in [0.1, 0.15) is 0 Å². The number of thiocarbonyl (C=S) groups is 1. The fourth-order valence-corrected chi connectivity index (χ4v) is 2.36. The van der Waals surface area contributed by atoms with Gasteiger partial charge in [0.2, 0.25) is 0 Å². The van der Waals surface area contributed by atoms with E-state index in [1.54, 1.807) is 14.1 Å². The normalized spacial score (nSPS) is 10.9. The molecule has 16 heavy (non-hydrogen) atoms. The molecule has 1 aromatic rings. The van der Waals surface area contributed by atoms with Crippen LogP contribution in [-0.4, -0.2) is 32.5 Å². The Balaban J connectivity index is 2.95. The number of benzene rings is 1. The van der Waals surface area contributed by atoms with Crippen LogP contribution in [0.5, 0.6) is 0 Å². The Morgan fingerprint density at radius 1 is 1.31 bits per heavy atom. The SMILES string of the molecule is CN(C)C(=S)NS(=O)(=O)c1ccc(Cl)cc1. The number of nitrogens with zero attached hydrogens (tertiary/aromatic N) is 1. The van der Waals surface area contributed by atoms with Gasteiger partial charge in [-0.1, -0.05) is 11.6 Å². The van der Waals surface area contributed by atoms with E-state index in [9.17, 15) is 8.42 Å². The smallest absolute Gasteiger partial charge is 0.263 e. The molecule has 0 unspecified atom stereocenters. The van der Waals surface area contributed by atoms with E-state index >= 15 is 0 Å². The second-order valence-corrected chi connectivity index (χ2v) is 5.76. The highest BCUT2D eigenvalue weighted by atomic mass is 35.5. The van der Waals surface area contributed by atoms with Gasteiger partial charge < -0.3 is 4.90 Å². The zero-order chi connectivity index (χ0) is 12.3. The predicted molar refractivity (Wildman–Crippen MR) is 68.1 cm³/mol. The Bertz CT molecular complexity index is 483. The lowest BCUT2D eigenvalue weighted by atomic mass is 10.4. The minimum Gasteiger partial charge on any atom is -0.355 e. The third-order valence-electron chi connectivity index (χ3n) is 1.75. The van der Waals surface area contributed by atoms with Crippen molar-refractivity contribution in [3.63, 3.8) is 0 Å². The fourth-order valence-electron chi connectivity index (χ4n) is 0.879. The van der Waals surface area contributed by atoms with Crippen LogP contribution in [-0.2, 0) is 10.0 Å². The molecule has 0 aliphatic heterocycles. The summed E-state index contributed by atoms with van der Waals surface area (Å²) in [6, 6.07) is 5.86. The number of nitrogens with one attached hydrogen (secondary N) is 1. The van der Waals surface area contributed by atoms with Gasteiger partial charge in [0.15, 0.2) is 5.11 Å². The zero-order valence-corrected chi connectivity index (χ0v) is 11.2. The number of sulfonamides is 1. The standard InChI is InChI=1S/C9H11ClN2O2S2/c1-12(2)9(15)11-16(13,14)8-5-3-7(10)4-6-8/h3-6H,1-2H3,(H,11,15). The highest BCUT2D eigenvalue weighted by molar-refractivity contribution is 7.91. The molecule has 0 aliphatic rings. The van der Waals surface area contributed by atoms with Crippen molar-refractivity contribution in [2.24, 2.45) is 0 Å². The predicted octanol–water partition coefficient (Wildman–Crippen LogP) is 1.46. The average Bonchev–Trinajstić information content (AvgIpc) is 2.17. The lowest BCUT2D eigenvalue weighted by molar-refractivity contribution is 0.580. The summed E-state index contributed by atoms with van der Waals surface area (Å²) in [5.41, 5.74) is 0. The molecule has 0 heterocycles. The first-order valence-electron chi connectivity index (χ1n) is 4.32. The molecule has 88 valence electrons. The van der Waals surface area contributed by atoms with Gasteiger partial charge in [0.05, 0.1) is 4.90 Å². The maximum atomic E-state index is 11.8. The summed E-state index contributed by atoms with van der Waals surface area (Å²) in [6.07, 6.45) is 0. The van der Waals surface area contributed by atoms with Gasteiger partial charge in [-0.2, -0.15) is 0 Å². The molecule has 0 amide bonds. The third-order valence-corrected chi connectivity index (χ3v) is 3.96. The Labute approximate surface area is 105 Å². The Kier molecular flexibility index (Phi) is 4.12. The van der Waals surface area contributed by atoms with Crippen molar-refractivity contribution >= 4 is 39.0 Å². The summed E-state index contributed by atoms with van der Waals surface area (Å²) in [6.45, 7) is 0. The maximum absolute atomic E-state index is 11.8. The van der Waals surface area contributed by atoms with Crippen LogP contribution in [0.4, 0.5) is 0 Å². The molecule has 1 aromatic carbocycles. The van der Waals surface area contributed by atoms with Crippen molar-refractivity contribution in [3.05, 3.63) is 29.3 Å². The molecule has 0 aromatic heterocycles. The summed E-state index contributed by atoms with van der Waals surface area (Å²) >= 11 is 10.5. The van der Waals surface area contributed by atoms with Gasteiger partial charge in [-0.05, 0) is 36.5 Å². The van der Waals surface area contributed by atoms with Crippen molar-refractivity contribution in [1.82, 2.24) is 9.62 Å². The van der Waals surface area contributed by atoms with Crippen LogP contribution >= 0.6 is 23.8 Å². The van der Waals surface area contributed by atoms with E-state index in [1.807, 2.05) is 0 Å². The molecule has 1 rings (SSSR count). The second kappa shape index (κ2) is 4.99. The molecule has 0 atom stereocenters. The zero-order valence-electron chi connectivity index (χ0n) is 8.77. The van der Waals surface area contributed by atoms with Crippen molar-refractivity contribution in [1.29, 1.82) is 0 Å². The summed E-state index contributed by atoms with van der Waals surface area (Å²) in [7, 11) is -0.294. The highest BCUT2D eigenvalue weighted by Gasteiger charge is 2.15. The van der Waals surface area contributed by atoms with E-state index in [1.165, 1.54) is 29.2 Å². The van der Waals surface area contributed by atoms with E-state index in [-0.39, 0.29) is 10.0 Å². The van der Waals surface area contributed by atoms with Crippen molar-refractivity contribution in [2.75, 3.05) is 14.1 Å². The molecule has 1 N–H and O–H groups in total. The van der Waals surface area contributed by atoms with E-state index in [0.717, 1.165) is 0 Å². The summed E-state index contributed by atoms with van der Waals surface area (Å²) in [5, 5.41) is 0.615. The van der Waals surface area contributed by atoms with E-state index < -0.39 is 10.0 Å². The van der Waals surface area contributed by atoms with Gasteiger partial charge in [0, 0.05) is 19.1 Å². The lowest BCUT2D eigenvalue weighted by Crippen LogP contribution is -2.38. The van der Waals surface area contributed by atoms with Gasteiger partial charge in [0.25, 0.3) is 10.0 Å². The minimum atomic E-state index is -3.61. The molecule has 0 aliphatic carbocycles. The molecule has 0 radical (unpaired) electrons. The van der Waals surface area contributed by atoms with Crippen LogP contribution in [0.2, 0.25) is 5.02 Å². The number of halogens is 1. The highest BCUT2D eigenvalue weighted by Crippen LogP contribution is 2.13. The molecule has 4 nitrogen and oxygen atoms in total. The van der Waals surface area contributed by atoms with E-state index in [4.69, 9.17) is 23.8 Å². The topological polar surface area (TPSA) is 49.4 Å². The van der Waals surface area contributed by atoms with Crippen molar-refractivity contribution < 1.29 is 8.42 Å². The van der Waals surface area contributed by atoms with Crippen molar-refractivity contribution in [2.45, 2.75) is 4.90 Å². The quantitative estimate of drug-likeness (QED) is 0.833. The first kappa shape index (κ1) is 13.2. The number of hydrogen-bond donors (Lipinski definition) is 1. The monoisotopic (exact) mass is 278 g/mol. The van der Waals surface area contributed by atoms with Crippen LogP contribution < -0.4 is 4.72 Å². The van der Waals surface area contributed by atoms with Crippen LogP contribution in [0, 0.1) is 0 Å². The van der Waals surface area contributed by atoms with Gasteiger partial charge in [-0.25, -0.2) is 8.42 Å². The molecular weight excluding hydrogens is 268 g/mol. The van der Waals surface area contributed by atoms with E-state index in [2.05, 4.69) is 4.72 Å². The first-order chi connectivity index (χ1) is 7.33. The van der Waals surface area contributed by atoms with Crippen LogP contribution in [0.15, 0.2) is 29.2 Å². The first-order valence-corrected chi connectivity index (χ1v) is 6.59. The molecule has 0 saturated heterocycles. The van der Waals surface area contributed by atoms with Crippen LogP contribution in [0.3, 0.4) is 0 Å². The summed E-state index contributed by atoms with van der Waals surface area (Å²) in [5.74, 6) is 0. The van der Waals surface area contributed by atoms with Gasteiger partial charge in [0.1, 0.15) is 0 Å². The summed E-state index contributed by atoms with van der Waals surface area (Å²) in [4.78, 5) is 1.63. The van der Waals surface area contributed by atoms with Crippen molar-refractivity contribution in [3.8, 4) is 0 Å². The molecule has 0 saturated carbocycles. The van der Waals surface area contributed by atoms with E-state index in [0.29, 0.717) is 5.02 Å². The fraction of sp³-hybridized carbons (Fsp3) is 0.222. The van der Waals surface area contributed by atoms with Gasteiger partial charge in [-0.3, -0.25) is 4.72 Å². The largest absolute Gasteiger partial charge is 0.355 e. The number of rotatable bonds is 2. The molecule has 7 heteroatoms. The molecular formula is C9H11ClN2O2S2. The molecule has 0 bridgehead atoms. The Morgan fingerprint density at radius 3 is 2.25 bits per heavy atom. The minimum absolute atomic E-state index is 0.126. The van der Waals surface area contributed by atoms with Crippen LogP contribution in [0.25, 0.3) is 0 Å². The maximum Gasteiger partial charge on any atom is 0.263 e. The average molecular weight is 279 g/mol. The Morgan fingerprint density at radius 2 is 1.81 bits per heavy atom. The van der Waals surface area contributed by atoms with Gasteiger partial charge in [-0.15, -0.1) is 0 Å². The second-order valence-electron chi connectivity index (χ2n) is 3.26. The lowest BCUT2D eigenvalue weighted by Gasteiger charge is -2.15. The van der Waals surface area contributed by atoms with Gasteiger partial charge >= 0.3 is 0 Å². The Hall–Kier alpha value is -0.850. The summed E-state index contributed by atoms with van der Waals surface area (Å²) < 4.78 is 25.9. The molecule has 0 fully saturated rings. The number of hydrogen-bond acceptors (Lipinski definition) is 3.